The molecule has 34 heavy (non-hydrogen) atoms. The lowest BCUT2D eigenvalue weighted by molar-refractivity contribution is -0.384. The second kappa shape index (κ2) is 8.28. The third-order valence-corrected chi connectivity index (χ3v) is 5.71. The Bertz CT molecular complexity index is 1320. The number of benzene rings is 2. The van der Waals surface area contributed by atoms with Gasteiger partial charge in [-0.25, -0.2) is 9.59 Å². The zero-order valence-electron chi connectivity index (χ0n) is 17.6. The van der Waals surface area contributed by atoms with Crippen molar-refractivity contribution < 1.29 is 34.3 Å². The normalized spacial score (nSPS) is 17.6. The minimum atomic E-state index is -1.50. The Morgan fingerprint density at radius 1 is 1.00 bits per heavy atom. The number of rotatable bonds is 6. The number of imide groups is 1. The quantitative estimate of drug-likeness (QED) is 0.331. The highest BCUT2D eigenvalue weighted by atomic mass is 16.6. The molecule has 0 fully saturated rings. The molecule has 4 rings (SSSR count). The number of amides is 2. The average molecular weight is 463 g/mol. The summed E-state index contributed by atoms with van der Waals surface area (Å²) in [5.74, 6) is -5.53. The fraction of sp³-hybridized carbons (Fsp3) is 0.130. The van der Waals surface area contributed by atoms with Crippen LogP contribution in [0.1, 0.15) is 39.1 Å². The first-order valence-electron chi connectivity index (χ1n) is 9.98. The van der Waals surface area contributed by atoms with Gasteiger partial charge in [-0.15, -0.1) is 0 Å². The van der Waals surface area contributed by atoms with E-state index in [0.717, 1.165) is 11.0 Å². The Labute approximate surface area is 191 Å². The Morgan fingerprint density at radius 2 is 1.59 bits per heavy atom. The number of hydrogen-bond donors (Lipinski definition) is 3. The van der Waals surface area contributed by atoms with Crippen LogP contribution < -0.4 is 5.32 Å². The number of aliphatic carboxylic acids is 2. The van der Waals surface area contributed by atoms with Crippen LogP contribution in [0, 0.1) is 10.1 Å². The van der Waals surface area contributed by atoms with Crippen LogP contribution in [-0.4, -0.2) is 50.3 Å². The SMILES string of the molecule is CC1=C(C(=O)O)C(c2cccc([N+](=O)[O-])c2)C(C(=O)O)=C(CN2C(=O)c3ccccc3C2=O)N1. The second-order valence-corrected chi connectivity index (χ2v) is 7.69. The van der Waals surface area contributed by atoms with Crippen molar-refractivity contribution >= 4 is 29.4 Å². The van der Waals surface area contributed by atoms with Crippen LogP contribution >= 0.6 is 0 Å². The van der Waals surface area contributed by atoms with E-state index < -0.39 is 46.7 Å². The number of fused-ring (bicyclic) bond motifs is 1. The van der Waals surface area contributed by atoms with E-state index in [1.807, 2.05) is 0 Å². The molecule has 11 nitrogen and oxygen atoms in total. The zero-order chi connectivity index (χ0) is 24.7. The van der Waals surface area contributed by atoms with Crippen molar-refractivity contribution in [2.45, 2.75) is 12.8 Å². The standard InChI is InChI=1S/C23H17N3O8/c1-11-17(22(29)30)18(12-5-4-6-13(9-12)26(33)34)19(23(31)32)16(24-11)10-25-20(27)14-7-2-3-8-15(14)21(25)28/h2-9,18,24H,10H2,1H3,(H,29,30)(H,31,32). The molecule has 0 saturated heterocycles. The summed E-state index contributed by atoms with van der Waals surface area (Å²) in [5, 5.41) is 33.9. The molecule has 2 aromatic carbocycles. The van der Waals surface area contributed by atoms with Gasteiger partial charge in [0.2, 0.25) is 0 Å². The third kappa shape index (κ3) is 3.58. The molecule has 1 atom stereocenters. The maximum atomic E-state index is 12.8. The Kier molecular flexibility index (Phi) is 5.45. The predicted octanol–water partition coefficient (Wildman–Crippen LogP) is 2.28. The maximum absolute atomic E-state index is 12.8. The summed E-state index contributed by atoms with van der Waals surface area (Å²) in [7, 11) is 0. The summed E-state index contributed by atoms with van der Waals surface area (Å²) in [5.41, 5.74) is -0.649. The van der Waals surface area contributed by atoms with Gasteiger partial charge in [-0.1, -0.05) is 24.3 Å². The van der Waals surface area contributed by atoms with E-state index >= 15 is 0 Å². The van der Waals surface area contributed by atoms with Crippen LogP contribution in [0.5, 0.6) is 0 Å². The highest BCUT2D eigenvalue weighted by Gasteiger charge is 2.41. The number of nitrogens with zero attached hydrogens (tertiary/aromatic N) is 2. The van der Waals surface area contributed by atoms with Crippen molar-refractivity contribution in [2.24, 2.45) is 0 Å². The largest absolute Gasteiger partial charge is 0.478 e. The highest BCUT2D eigenvalue weighted by Crippen LogP contribution is 2.40. The van der Waals surface area contributed by atoms with E-state index in [4.69, 9.17) is 0 Å². The number of carbonyl (C=O) groups excluding carboxylic acids is 2. The summed E-state index contributed by atoms with van der Waals surface area (Å²) in [6, 6.07) is 11.2. The van der Waals surface area contributed by atoms with Gasteiger partial charge in [-0.2, -0.15) is 0 Å². The number of carboxylic acid groups (broad SMARTS) is 2. The first-order chi connectivity index (χ1) is 16.1. The van der Waals surface area contributed by atoms with Crippen LogP contribution in [0.4, 0.5) is 5.69 Å². The van der Waals surface area contributed by atoms with Gasteiger partial charge in [0.1, 0.15) is 0 Å². The van der Waals surface area contributed by atoms with E-state index in [2.05, 4.69) is 5.32 Å². The first kappa shape index (κ1) is 22.4. The molecule has 0 bridgehead atoms. The van der Waals surface area contributed by atoms with Gasteiger partial charge in [-0.05, 0) is 24.6 Å². The molecule has 0 spiro atoms. The van der Waals surface area contributed by atoms with Gasteiger partial charge in [-0.3, -0.25) is 24.6 Å². The molecule has 0 radical (unpaired) electrons. The molecule has 2 heterocycles. The van der Waals surface area contributed by atoms with E-state index in [1.54, 1.807) is 12.1 Å². The molecule has 2 amide bonds. The number of carbonyl (C=O) groups is 4. The molecule has 2 aromatic rings. The molecule has 3 N–H and O–H groups in total. The molecule has 0 aliphatic carbocycles. The number of nitro groups is 1. The summed E-state index contributed by atoms with van der Waals surface area (Å²) < 4.78 is 0. The van der Waals surface area contributed by atoms with Crippen LogP contribution in [0.15, 0.2) is 71.1 Å². The molecule has 0 saturated carbocycles. The Morgan fingerprint density at radius 3 is 2.12 bits per heavy atom. The topological polar surface area (TPSA) is 167 Å². The second-order valence-electron chi connectivity index (χ2n) is 7.69. The number of non-ortho nitro benzene ring substituents is 1. The average Bonchev–Trinajstić information content (AvgIpc) is 3.03. The maximum Gasteiger partial charge on any atom is 0.334 e. The number of hydrogen-bond acceptors (Lipinski definition) is 7. The van der Waals surface area contributed by atoms with E-state index in [1.165, 1.54) is 37.3 Å². The first-order valence-corrected chi connectivity index (χ1v) is 9.98. The fourth-order valence-electron chi connectivity index (χ4n) is 4.25. The Balaban J connectivity index is 1.85. The number of nitro benzene ring substituents is 1. The molecule has 0 aromatic heterocycles. The summed E-state index contributed by atoms with van der Waals surface area (Å²) >= 11 is 0. The monoisotopic (exact) mass is 463 g/mol. The van der Waals surface area contributed by atoms with Gasteiger partial charge in [0.15, 0.2) is 0 Å². The van der Waals surface area contributed by atoms with Gasteiger partial charge in [0.25, 0.3) is 17.5 Å². The zero-order valence-corrected chi connectivity index (χ0v) is 17.6. The lowest BCUT2D eigenvalue weighted by Gasteiger charge is -2.31. The lowest BCUT2D eigenvalue weighted by Crippen LogP contribution is -2.39. The van der Waals surface area contributed by atoms with Crippen molar-refractivity contribution in [3.8, 4) is 0 Å². The number of nitrogens with one attached hydrogen (secondary N) is 1. The van der Waals surface area contributed by atoms with Crippen molar-refractivity contribution in [1.82, 2.24) is 10.2 Å². The van der Waals surface area contributed by atoms with Crippen molar-refractivity contribution in [3.63, 3.8) is 0 Å². The Hall–Kier alpha value is -4.80. The lowest BCUT2D eigenvalue weighted by atomic mass is 9.80. The minimum absolute atomic E-state index is 0.0685. The fourth-order valence-corrected chi connectivity index (χ4v) is 4.25. The van der Waals surface area contributed by atoms with E-state index in [0.29, 0.717) is 0 Å². The van der Waals surface area contributed by atoms with Crippen LogP contribution in [0.25, 0.3) is 0 Å². The number of allylic oxidation sites excluding steroid dienone is 1. The van der Waals surface area contributed by atoms with Gasteiger partial charge < -0.3 is 15.5 Å². The molecule has 2 aliphatic rings. The van der Waals surface area contributed by atoms with Crippen LogP contribution in [-0.2, 0) is 9.59 Å². The molecule has 1 unspecified atom stereocenters. The van der Waals surface area contributed by atoms with E-state index in [-0.39, 0.29) is 39.3 Å². The van der Waals surface area contributed by atoms with Gasteiger partial charge in [0, 0.05) is 23.5 Å². The smallest absolute Gasteiger partial charge is 0.334 e. The molecule has 11 heteroatoms. The third-order valence-electron chi connectivity index (χ3n) is 5.71. The molecular weight excluding hydrogens is 446 g/mol. The van der Waals surface area contributed by atoms with Crippen LogP contribution in [0.3, 0.4) is 0 Å². The summed E-state index contributed by atoms with van der Waals surface area (Å²) in [4.78, 5) is 61.5. The summed E-state index contributed by atoms with van der Waals surface area (Å²) in [6.07, 6.45) is 0. The number of dihydropyridines is 1. The van der Waals surface area contributed by atoms with Crippen molar-refractivity contribution in [3.05, 3.63) is 97.9 Å². The molecule has 172 valence electrons. The van der Waals surface area contributed by atoms with Crippen LogP contribution in [0.2, 0.25) is 0 Å². The van der Waals surface area contributed by atoms with Gasteiger partial charge >= 0.3 is 11.9 Å². The van der Waals surface area contributed by atoms with Crippen molar-refractivity contribution in [1.29, 1.82) is 0 Å². The van der Waals surface area contributed by atoms with E-state index in [9.17, 15) is 39.5 Å². The summed E-state index contributed by atoms with van der Waals surface area (Å²) in [6.45, 7) is 0.957. The van der Waals surface area contributed by atoms with Crippen molar-refractivity contribution in [2.75, 3.05) is 6.54 Å². The minimum Gasteiger partial charge on any atom is -0.478 e. The highest BCUT2D eigenvalue weighted by molar-refractivity contribution is 6.21. The molecule has 2 aliphatic heterocycles. The molecular formula is C23H17N3O8. The van der Waals surface area contributed by atoms with Gasteiger partial charge in [0.05, 0.1) is 39.7 Å². The predicted molar refractivity (Wildman–Crippen MR) is 116 cm³/mol. The number of carboxylic acids is 2.